The number of hydrogen-bond acceptors (Lipinski definition) is 3. The van der Waals surface area contributed by atoms with E-state index in [0.29, 0.717) is 11.1 Å². The minimum atomic E-state index is -1.32. The van der Waals surface area contributed by atoms with Crippen molar-refractivity contribution in [1.29, 1.82) is 0 Å². The van der Waals surface area contributed by atoms with Gasteiger partial charge in [-0.1, -0.05) is 86.3 Å². The quantitative estimate of drug-likeness (QED) is 0.180. The van der Waals surface area contributed by atoms with Gasteiger partial charge in [-0.3, -0.25) is 8.97 Å². The summed E-state index contributed by atoms with van der Waals surface area (Å²) in [7, 11) is 0. The molecule has 5 aromatic carbocycles. The predicted molar refractivity (Wildman–Crippen MR) is 194 cm³/mol. The van der Waals surface area contributed by atoms with Gasteiger partial charge in [0.15, 0.2) is 6.17 Å². The molecule has 0 N–H and O–H groups in total. The van der Waals surface area contributed by atoms with Gasteiger partial charge in [-0.15, -0.1) is 0 Å². The number of aromatic nitrogens is 4. The molecule has 4 aromatic heterocycles. The Bertz CT molecular complexity index is 2770. The Kier molecular flexibility index (Phi) is 5.77. The normalized spacial score (nSPS) is 14.6. The number of pyridine rings is 2. The zero-order valence-electron chi connectivity index (χ0n) is 26.4. The van der Waals surface area contributed by atoms with Crippen molar-refractivity contribution in [2.45, 2.75) is 35.2 Å². The highest BCUT2D eigenvalue weighted by molar-refractivity contribution is 7.99. The lowest BCUT2D eigenvalue weighted by Gasteiger charge is -2.34. The van der Waals surface area contributed by atoms with Crippen LogP contribution in [0.15, 0.2) is 144 Å². The largest absolute Gasteiger partial charge is 0.299 e. The molecule has 0 saturated carbocycles. The summed E-state index contributed by atoms with van der Waals surface area (Å²) in [5.41, 5.74) is 8.39. The Labute approximate surface area is 280 Å². The molecule has 4 nitrogen and oxygen atoms in total. The van der Waals surface area contributed by atoms with Crippen LogP contribution in [0.1, 0.15) is 42.3 Å². The fraction of sp³-hybridized carbons (Fsp3) is 0.0952. The third kappa shape index (κ3) is 3.84. The maximum absolute atomic E-state index is 16.7. The van der Waals surface area contributed by atoms with Crippen molar-refractivity contribution in [1.82, 2.24) is 18.9 Å². The van der Waals surface area contributed by atoms with Crippen LogP contribution in [0, 0.1) is 0 Å². The van der Waals surface area contributed by atoms with E-state index in [2.05, 4.69) is 88.5 Å². The Morgan fingerprint density at radius 3 is 2.35 bits per heavy atom. The number of hydrogen-bond donors (Lipinski definition) is 0. The van der Waals surface area contributed by atoms with E-state index < -0.39 is 6.17 Å². The van der Waals surface area contributed by atoms with Crippen LogP contribution in [-0.4, -0.2) is 18.9 Å². The van der Waals surface area contributed by atoms with E-state index in [1.54, 1.807) is 6.20 Å². The summed E-state index contributed by atoms with van der Waals surface area (Å²) >= 11 is 1.83. The molecule has 48 heavy (non-hydrogen) atoms. The van der Waals surface area contributed by atoms with Gasteiger partial charge in [0.25, 0.3) is 0 Å². The van der Waals surface area contributed by atoms with E-state index in [4.69, 9.17) is 4.98 Å². The Morgan fingerprint density at radius 1 is 0.604 bits per heavy atom. The van der Waals surface area contributed by atoms with Gasteiger partial charge in [0.1, 0.15) is 11.3 Å². The van der Waals surface area contributed by atoms with Gasteiger partial charge >= 0.3 is 0 Å². The molecule has 0 fully saturated rings. The van der Waals surface area contributed by atoms with Crippen LogP contribution in [0.4, 0.5) is 4.39 Å². The average Bonchev–Trinajstić information content (AvgIpc) is 3.75. The first-order valence-corrected chi connectivity index (χ1v) is 17.0. The van der Waals surface area contributed by atoms with E-state index in [9.17, 15) is 0 Å². The van der Waals surface area contributed by atoms with Crippen molar-refractivity contribution in [3.8, 4) is 5.69 Å². The van der Waals surface area contributed by atoms with Gasteiger partial charge in [0.05, 0.1) is 11.0 Å². The van der Waals surface area contributed by atoms with Crippen molar-refractivity contribution in [2.24, 2.45) is 0 Å². The Hall–Kier alpha value is -5.46. The maximum atomic E-state index is 16.7. The van der Waals surface area contributed by atoms with Crippen LogP contribution in [0.25, 0.3) is 54.9 Å². The fourth-order valence-corrected chi connectivity index (χ4v) is 9.22. The standard InChI is InChI=1S/C42H29FN4S/c1-42(2)33-13-4-6-15-37(33)48-38-23-31-30-12-8-18-44-41(30)47(36(31)24-34(38)42)27-10-7-9-25(21-27)39(43)26-16-17-28-29-11-3-5-14-35(29)46-20-19-45-40(46)32(28)22-26/h3-24,39H,1-2H3. The molecule has 1 aliphatic rings. The molecule has 0 radical (unpaired) electrons. The van der Waals surface area contributed by atoms with Gasteiger partial charge in [0, 0.05) is 61.0 Å². The van der Waals surface area contributed by atoms with Crippen LogP contribution in [0.5, 0.6) is 0 Å². The Balaban J connectivity index is 1.13. The second-order valence-corrected chi connectivity index (χ2v) is 14.3. The summed E-state index contributed by atoms with van der Waals surface area (Å²) in [5, 5.41) is 5.35. The summed E-state index contributed by atoms with van der Waals surface area (Å²) < 4.78 is 21.0. The zero-order chi connectivity index (χ0) is 32.1. The first kappa shape index (κ1) is 27.6. The second kappa shape index (κ2) is 10.0. The molecule has 0 bridgehead atoms. The number of halogens is 1. The second-order valence-electron chi connectivity index (χ2n) is 13.2. The summed E-state index contributed by atoms with van der Waals surface area (Å²) in [6.45, 7) is 4.61. The zero-order valence-corrected chi connectivity index (χ0v) is 27.2. The predicted octanol–water partition coefficient (Wildman–Crippen LogP) is 11.0. The van der Waals surface area contributed by atoms with Crippen molar-refractivity contribution >= 4 is 61.0 Å². The van der Waals surface area contributed by atoms with Crippen molar-refractivity contribution in [3.05, 3.63) is 156 Å². The highest BCUT2D eigenvalue weighted by atomic mass is 32.2. The van der Waals surface area contributed by atoms with E-state index >= 15 is 4.39 Å². The smallest absolute Gasteiger partial charge is 0.150 e. The first-order valence-electron chi connectivity index (χ1n) is 16.2. The maximum Gasteiger partial charge on any atom is 0.150 e. The molecule has 0 aliphatic carbocycles. The molecule has 1 aliphatic heterocycles. The number of rotatable bonds is 3. The van der Waals surface area contributed by atoms with Gasteiger partial charge in [-0.05, 0) is 82.2 Å². The van der Waals surface area contributed by atoms with E-state index in [1.165, 1.54) is 20.9 Å². The molecule has 6 heteroatoms. The van der Waals surface area contributed by atoms with Crippen LogP contribution >= 0.6 is 11.8 Å². The highest BCUT2D eigenvalue weighted by Gasteiger charge is 2.34. The fourth-order valence-electron chi connectivity index (χ4n) is 7.80. The molecule has 0 spiro atoms. The molecule has 0 amide bonds. The topological polar surface area (TPSA) is 35.1 Å². The van der Waals surface area contributed by atoms with Crippen LogP contribution in [0.3, 0.4) is 0 Å². The third-order valence-electron chi connectivity index (χ3n) is 10.2. The number of nitrogens with zero attached hydrogens (tertiary/aromatic N) is 4. The Morgan fingerprint density at radius 2 is 1.42 bits per heavy atom. The molecule has 5 heterocycles. The van der Waals surface area contributed by atoms with Crippen molar-refractivity contribution in [3.63, 3.8) is 0 Å². The average molecular weight is 641 g/mol. The molecule has 1 unspecified atom stereocenters. The van der Waals surface area contributed by atoms with Gasteiger partial charge in [0.2, 0.25) is 0 Å². The van der Waals surface area contributed by atoms with Crippen LogP contribution in [0.2, 0.25) is 0 Å². The van der Waals surface area contributed by atoms with E-state index in [-0.39, 0.29) is 5.41 Å². The molecular formula is C42H29FN4S. The summed E-state index contributed by atoms with van der Waals surface area (Å²) in [6, 6.07) is 39.5. The first-order chi connectivity index (χ1) is 23.5. The SMILES string of the molecule is CC1(C)c2ccccc2Sc2cc3c4cccnc4n(-c4cccc(C(F)c5ccc6c7ccccc7n7ccnc7c6c5)c4)c3cc21. The number of para-hydroxylation sites is 1. The molecule has 0 saturated heterocycles. The highest BCUT2D eigenvalue weighted by Crippen LogP contribution is 2.51. The van der Waals surface area contributed by atoms with Crippen molar-refractivity contribution < 1.29 is 4.39 Å². The monoisotopic (exact) mass is 640 g/mol. The van der Waals surface area contributed by atoms with Gasteiger partial charge in [-0.2, -0.15) is 0 Å². The molecule has 1 atom stereocenters. The molecular weight excluding hydrogens is 612 g/mol. The lowest BCUT2D eigenvalue weighted by molar-refractivity contribution is 0.402. The molecule has 230 valence electrons. The lowest BCUT2D eigenvalue weighted by atomic mass is 9.77. The minimum Gasteiger partial charge on any atom is -0.299 e. The number of imidazole rings is 1. The minimum absolute atomic E-state index is 0.173. The summed E-state index contributed by atoms with van der Waals surface area (Å²) in [5.74, 6) is 0. The summed E-state index contributed by atoms with van der Waals surface area (Å²) in [4.78, 5) is 12.1. The van der Waals surface area contributed by atoms with Crippen LogP contribution < -0.4 is 0 Å². The van der Waals surface area contributed by atoms with Gasteiger partial charge in [-0.25, -0.2) is 14.4 Å². The van der Waals surface area contributed by atoms with Crippen LogP contribution in [-0.2, 0) is 5.41 Å². The van der Waals surface area contributed by atoms with E-state index in [0.717, 1.165) is 54.9 Å². The summed E-state index contributed by atoms with van der Waals surface area (Å²) in [6.07, 6.45) is 4.29. The number of alkyl halides is 1. The molecule has 10 rings (SSSR count). The third-order valence-corrected chi connectivity index (χ3v) is 11.3. The van der Waals surface area contributed by atoms with E-state index in [1.807, 2.05) is 78.8 Å². The van der Waals surface area contributed by atoms with Gasteiger partial charge < -0.3 is 0 Å². The number of benzene rings is 5. The lowest BCUT2D eigenvalue weighted by Crippen LogP contribution is -2.23. The number of fused-ring (bicyclic) bond motifs is 11. The molecule has 9 aromatic rings. The van der Waals surface area contributed by atoms with Crippen molar-refractivity contribution in [2.75, 3.05) is 0 Å².